The van der Waals surface area contributed by atoms with Crippen LogP contribution in [0.3, 0.4) is 0 Å². The topological polar surface area (TPSA) is 81.7 Å². The van der Waals surface area contributed by atoms with Gasteiger partial charge in [0.05, 0.1) is 6.10 Å². The van der Waals surface area contributed by atoms with Crippen molar-refractivity contribution < 1.29 is 22.1 Å². The number of carbonyl (C=O) groups is 1. The number of nitrogens with one attached hydrogen (secondary N) is 1. The third-order valence-corrected chi connectivity index (χ3v) is 5.97. The Balaban J connectivity index is 3.11. The first kappa shape index (κ1) is 25.4. The molecule has 0 bridgehead atoms. The van der Waals surface area contributed by atoms with Crippen molar-refractivity contribution >= 4 is 16.2 Å². The Morgan fingerprint density at radius 2 is 1.52 bits per heavy atom. The van der Waals surface area contributed by atoms with E-state index in [4.69, 9.17) is 8.92 Å². The molecule has 0 spiro atoms. The van der Waals surface area contributed by atoms with Crippen LogP contribution < -0.4 is 5.32 Å². The van der Waals surface area contributed by atoms with Crippen molar-refractivity contribution in [2.75, 3.05) is 0 Å². The summed E-state index contributed by atoms with van der Waals surface area (Å²) >= 11 is 0. The smallest absolute Gasteiger partial charge is 0.407 e. The molecule has 0 unspecified atom stereocenters. The maximum absolute atomic E-state index is 12.9. The molecule has 0 saturated carbocycles. The van der Waals surface area contributed by atoms with Crippen LogP contribution in [0.1, 0.15) is 85.1 Å². The van der Waals surface area contributed by atoms with Crippen LogP contribution in [-0.2, 0) is 24.5 Å². The van der Waals surface area contributed by atoms with Gasteiger partial charge in [0, 0.05) is 6.04 Å². The molecular formula is C22H37NO5S. The van der Waals surface area contributed by atoms with E-state index in [0.717, 1.165) is 5.56 Å². The van der Waals surface area contributed by atoms with Gasteiger partial charge in [0.15, 0.2) is 0 Å². The Hall–Kier alpha value is -1.60. The fraction of sp³-hybridized carbons (Fsp3) is 0.682. The maximum Gasteiger partial charge on any atom is 0.407 e. The minimum Gasteiger partial charge on any atom is -0.444 e. The molecule has 0 heterocycles. The quantitative estimate of drug-likeness (QED) is 0.613. The fourth-order valence-electron chi connectivity index (χ4n) is 2.84. The highest BCUT2D eigenvalue weighted by Crippen LogP contribution is 2.32. The molecular weight excluding hydrogens is 390 g/mol. The molecule has 7 heteroatoms. The van der Waals surface area contributed by atoms with Crippen LogP contribution >= 0.6 is 0 Å². The molecule has 1 rings (SSSR count). The van der Waals surface area contributed by atoms with Crippen LogP contribution in [-0.4, -0.2) is 32.3 Å². The second-order valence-electron chi connectivity index (χ2n) is 9.78. The normalized spacial score (nSPS) is 15.1. The van der Waals surface area contributed by atoms with Crippen molar-refractivity contribution in [1.82, 2.24) is 5.32 Å². The van der Waals surface area contributed by atoms with Gasteiger partial charge in [-0.05, 0) is 64.5 Å². The molecule has 1 N–H and O–H groups in total. The molecule has 0 radical (unpaired) electrons. The van der Waals surface area contributed by atoms with Crippen molar-refractivity contribution in [3.63, 3.8) is 0 Å². The third-order valence-electron chi connectivity index (χ3n) is 4.15. The summed E-state index contributed by atoms with van der Waals surface area (Å²) in [7, 11) is -3.88. The molecule has 0 aliphatic heterocycles. The maximum atomic E-state index is 12.9. The number of amides is 1. The van der Waals surface area contributed by atoms with Gasteiger partial charge in [0.1, 0.15) is 10.9 Å². The van der Waals surface area contributed by atoms with Gasteiger partial charge in [-0.15, -0.1) is 0 Å². The third kappa shape index (κ3) is 8.74. The molecule has 1 aromatic rings. The largest absolute Gasteiger partial charge is 0.444 e. The van der Waals surface area contributed by atoms with Gasteiger partial charge < -0.3 is 10.1 Å². The summed E-state index contributed by atoms with van der Waals surface area (Å²) < 4.78 is 36.3. The molecule has 1 aromatic carbocycles. The number of benzene rings is 1. The van der Waals surface area contributed by atoms with Gasteiger partial charge >= 0.3 is 6.09 Å². The molecule has 166 valence electrons. The first-order valence-corrected chi connectivity index (χ1v) is 11.5. The first-order valence-electron chi connectivity index (χ1n) is 10.0. The van der Waals surface area contributed by atoms with Gasteiger partial charge in [0.25, 0.3) is 10.1 Å². The number of alkyl carbamates (subject to hydrolysis) is 1. The lowest BCUT2D eigenvalue weighted by Gasteiger charge is -2.26. The summed E-state index contributed by atoms with van der Waals surface area (Å²) in [4.78, 5) is 12.1. The second kappa shape index (κ2) is 9.47. The van der Waals surface area contributed by atoms with E-state index >= 15 is 0 Å². The summed E-state index contributed by atoms with van der Waals surface area (Å²) in [5, 5.41) is 1.82. The number of rotatable bonds is 7. The Morgan fingerprint density at radius 1 is 1.00 bits per heavy atom. The van der Waals surface area contributed by atoms with E-state index in [1.165, 1.54) is 0 Å². The van der Waals surface area contributed by atoms with Crippen LogP contribution in [0.25, 0.3) is 0 Å². The highest BCUT2D eigenvalue weighted by Gasteiger charge is 2.32. The highest BCUT2D eigenvalue weighted by atomic mass is 32.2. The fourth-order valence-corrected chi connectivity index (χ4v) is 4.53. The molecule has 2 atom stereocenters. The molecule has 0 aliphatic carbocycles. The van der Waals surface area contributed by atoms with Crippen LogP contribution in [0.2, 0.25) is 0 Å². The summed E-state index contributed by atoms with van der Waals surface area (Å²) in [6, 6.07) is 7.11. The number of hydrogen-bond donors (Lipinski definition) is 1. The van der Waals surface area contributed by atoms with Crippen LogP contribution in [0.15, 0.2) is 24.3 Å². The minimum absolute atomic E-state index is 0.0348. The highest BCUT2D eigenvalue weighted by molar-refractivity contribution is 7.87. The Bertz CT molecular complexity index is 771. The molecule has 29 heavy (non-hydrogen) atoms. The zero-order chi connectivity index (χ0) is 22.6. The first-order chi connectivity index (χ1) is 13.0. The number of ether oxygens (including phenoxy) is 1. The second-order valence-corrected chi connectivity index (χ2v) is 11.5. The SMILES string of the molecule is CC(C)OS(=O)(=O)[C@H](C[C@H](C)NC(=O)OC(C)(C)C)c1ccc(C(C)(C)C)cc1. The van der Waals surface area contributed by atoms with E-state index in [2.05, 4.69) is 26.1 Å². The lowest BCUT2D eigenvalue weighted by molar-refractivity contribution is 0.0505. The van der Waals surface area contributed by atoms with Crippen LogP contribution in [0.5, 0.6) is 0 Å². The zero-order valence-corrected chi connectivity index (χ0v) is 20.0. The van der Waals surface area contributed by atoms with Crippen molar-refractivity contribution in [2.24, 2.45) is 0 Å². The average molecular weight is 428 g/mol. The predicted molar refractivity (Wildman–Crippen MR) is 116 cm³/mol. The van der Waals surface area contributed by atoms with E-state index in [0.29, 0.717) is 5.56 Å². The lowest BCUT2D eigenvalue weighted by Crippen LogP contribution is -2.39. The van der Waals surface area contributed by atoms with E-state index in [9.17, 15) is 13.2 Å². The van der Waals surface area contributed by atoms with Crippen molar-refractivity contribution in [1.29, 1.82) is 0 Å². The molecule has 6 nitrogen and oxygen atoms in total. The Kier molecular flexibility index (Phi) is 8.31. The lowest BCUT2D eigenvalue weighted by atomic mass is 9.86. The van der Waals surface area contributed by atoms with Gasteiger partial charge in [-0.25, -0.2) is 4.79 Å². The molecule has 0 fully saturated rings. The van der Waals surface area contributed by atoms with E-state index in [-0.39, 0.29) is 11.8 Å². The molecule has 0 saturated heterocycles. The zero-order valence-electron chi connectivity index (χ0n) is 19.2. The molecule has 0 aliphatic rings. The number of carbonyl (C=O) groups excluding carboxylic acids is 1. The van der Waals surface area contributed by atoms with E-state index in [1.54, 1.807) is 41.5 Å². The summed E-state index contributed by atoms with van der Waals surface area (Å²) in [5.41, 5.74) is 1.09. The van der Waals surface area contributed by atoms with Gasteiger partial charge in [0.2, 0.25) is 0 Å². The van der Waals surface area contributed by atoms with E-state index < -0.39 is 39.2 Å². The Morgan fingerprint density at radius 3 is 1.93 bits per heavy atom. The van der Waals surface area contributed by atoms with Crippen LogP contribution in [0.4, 0.5) is 4.79 Å². The van der Waals surface area contributed by atoms with Gasteiger partial charge in [-0.1, -0.05) is 45.0 Å². The molecule has 1 amide bonds. The molecule has 0 aromatic heterocycles. The Labute approximate surface area is 176 Å². The summed E-state index contributed by atoms with van der Waals surface area (Å²) in [6.07, 6.45) is -0.872. The summed E-state index contributed by atoms with van der Waals surface area (Å²) in [6.45, 7) is 16.7. The van der Waals surface area contributed by atoms with Gasteiger partial charge in [-0.3, -0.25) is 4.18 Å². The average Bonchev–Trinajstić information content (AvgIpc) is 2.48. The minimum atomic E-state index is -3.88. The van der Waals surface area contributed by atoms with E-state index in [1.807, 2.05) is 24.3 Å². The standard InChI is InChI=1S/C22H37NO5S/c1-15(2)28-29(25,26)19(14-16(3)23-20(24)27-22(7,8)9)17-10-12-18(13-11-17)21(4,5)6/h10-13,15-16,19H,14H2,1-9H3,(H,23,24)/t16-,19+/m0/s1. The van der Waals surface area contributed by atoms with Gasteiger partial charge in [-0.2, -0.15) is 8.42 Å². The van der Waals surface area contributed by atoms with Crippen molar-refractivity contribution in [2.45, 2.75) is 97.1 Å². The number of hydrogen-bond acceptors (Lipinski definition) is 5. The van der Waals surface area contributed by atoms with Crippen molar-refractivity contribution in [3.05, 3.63) is 35.4 Å². The van der Waals surface area contributed by atoms with Crippen LogP contribution in [0, 0.1) is 0 Å². The predicted octanol–water partition coefficient (Wildman–Crippen LogP) is 5.08. The van der Waals surface area contributed by atoms with Crippen molar-refractivity contribution in [3.8, 4) is 0 Å². The monoisotopic (exact) mass is 427 g/mol. The summed E-state index contributed by atoms with van der Waals surface area (Å²) in [5.74, 6) is 0.